The fourth-order valence-electron chi connectivity index (χ4n) is 2.04. The van der Waals surface area contributed by atoms with Crippen molar-refractivity contribution in [3.8, 4) is 0 Å². The maximum absolute atomic E-state index is 12.3. The molecule has 1 amide bonds. The Kier molecular flexibility index (Phi) is 3.46. The van der Waals surface area contributed by atoms with E-state index >= 15 is 0 Å². The number of hydrogen-bond acceptors (Lipinski definition) is 4. The van der Waals surface area contributed by atoms with Gasteiger partial charge in [0, 0.05) is 29.1 Å². The summed E-state index contributed by atoms with van der Waals surface area (Å²) in [6, 6.07) is 2.03. The highest BCUT2D eigenvalue weighted by Gasteiger charge is 2.28. The third-order valence-corrected chi connectivity index (χ3v) is 3.55. The van der Waals surface area contributed by atoms with Gasteiger partial charge in [-0.2, -0.15) is 0 Å². The van der Waals surface area contributed by atoms with Crippen molar-refractivity contribution in [2.75, 3.05) is 5.32 Å². The number of hydrogen-bond donors (Lipinski definition) is 2. The smallest absolute Gasteiger partial charge is 0.358 e. The minimum absolute atomic E-state index is 0.0605. The van der Waals surface area contributed by atoms with Crippen LogP contribution < -0.4 is 5.32 Å². The van der Waals surface area contributed by atoms with Gasteiger partial charge in [0.25, 0.3) is 5.91 Å². The molecule has 2 aromatic rings. The molecule has 0 atom stereocenters. The molecule has 3 rings (SSSR count). The zero-order valence-corrected chi connectivity index (χ0v) is 12.4. The summed E-state index contributed by atoms with van der Waals surface area (Å²) in [5.74, 6) is -1.71. The zero-order valence-electron chi connectivity index (χ0n) is 10.8. The summed E-state index contributed by atoms with van der Waals surface area (Å²) >= 11 is 3.35. The maximum atomic E-state index is 12.3. The fourth-order valence-corrected chi connectivity index (χ4v) is 2.48. The first-order valence-corrected chi connectivity index (χ1v) is 7.08. The van der Waals surface area contributed by atoms with Crippen molar-refractivity contribution in [3.05, 3.63) is 40.5 Å². The standard InChI is InChI=1S/C13H11BrN4O3/c14-7-5-9(18(6-7)8-1-2-8)12(19)17-11-10(13(20)21)15-3-4-16-11/h3-6,8H,1-2H2,(H,20,21)(H,16,17,19). The molecule has 2 heterocycles. The van der Waals surface area contributed by atoms with E-state index in [0.717, 1.165) is 17.3 Å². The highest BCUT2D eigenvalue weighted by Crippen LogP contribution is 2.37. The van der Waals surface area contributed by atoms with E-state index in [1.165, 1.54) is 12.4 Å². The second-order valence-electron chi connectivity index (χ2n) is 4.69. The molecule has 0 aromatic carbocycles. The lowest BCUT2D eigenvalue weighted by Gasteiger charge is -2.09. The summed E-state index contributed by atoms with van der Waals surface area (Å²) in [6.45, 7) is 0. The van der Waals surface area contributed by atoms with E-state index in [1.807, 2.05) is 10.8 Å². The molecule has 1 saturated carbocycles. The predicted octanol–water partition coefficient (Wildman–Crippen LogP) is 2.33. The summed E-state index contributed by atoms with van der Waals surface area (Å²) in [5, 5.41) is 11.5. The number of aromatic nitrogens is 3. The van der Waals surface area contributed by atoms with Crippen molar-refractivity contribution in [1.29, 1.82) is 0 Å². The topological polar surface area (TPSA) is 97.1 Å². The first kappa shape index (κ1) is 13.7. The SMILES string of the molecule is O=C(O)c1nccnc1NC(=O)c1cc(Br)cn1C1CC1. The van der Waals surface area contributed by atoms with Gasteiger partial charge in [0.2, 0.25) is 0 Å². The van der Waals surface area contributed by atoms with E-state index in [9.17, 15) is 9.59 Å². The molecule has 8 heteroatoms. The molecule has 21 heavy (non-hydrogen) atoms. The van der Waals surface area contributed by atoms with Crippen LogP contribution >= 0.6 is 15.9 Å². The van der Waals surface area contributed by atoms with Crippen LogP contribution in [0.15, 0.2) is 29.1 Å². The van der Waals surface area contributed by atoms with Gasteiger partial charge >= 0.3 is 5.97 Å². The predicted molar refractivity (Wildman–Crippen MR) is 77.3 cm³/mol. The fraction of sp³-hybridized carbons (Fsp3) is 0.231. The number of carboxylic acid groups (broad SMARTS) is 1. The van der Waals surface area contributed by atoms with Crippen LogP contribution in [0.3, 0.4) is 0 Å². The Labute approximate surface area is 128 Å². The van der Waals surface area contributed by atoms with E-state index in [4.69, 9.17) is 5.11 Å². The van der Waals surface area contributed by atoms with Gasteiger partial charge in [0.15, 0.2) is 11.5 Å². The molecule has 1 aliphatic rings. The molecule has 1 fully saturated rings. The lowest BCUT2D eigenvalue weighted by Crippen LogP contribution is -2.19. The number of halogens is 1. The number of carbonyl (C=O) groups is 2. The van der Waals surface area contributed by atoms with Crippen molar-refractivity contribution in [3.63, 3.8) is 0 Å². The molecule has 0 saturated heterocycles. The van der Waals surface area contributed by atoms with Crippen LogP contribution in [-0.4, -0.2) is 31.5 Å². The summed E-state index contributed by atoms with van der Waals surface area (Å²) in [6.07, 6.45) is 6.52. The average Bonchev–Trinajstić information content (AvgIpc) is 3.21. The number of anilines is 1. The monoisotopic (exact) mass is 350 g/mol. The van der Waals surface area contributed by atoms with Gasteiger partial charge in [0.1, 0.15) is 5.69 Å². The lowest BCUT2D eigenvalue weighted by atomic mass is 10.3. The molecule has 7 nitrogen and oxygen atoms in total. The first-order chi connectivity index (χ1) is 10.1. The maximum Gasteiger partial charge on any atom is 0.358 e. The normalized spacial score (nSPS) is 14.0. The van der Waals surface area contributed by atoms with Crippen LogP contribution in [0.4, 0.5) is 5.82 Å². The van der Waals surface area contributed by atoms with Gasteiger partial charge in [-0.15, -0.1) is 0 Å². The van der Waals surface area contributed by atoms with Crippen molar-refractivity contribution in [2.24, 2.45) is 0 Å². The van der Waals surface area contributed by atoms with Crippen molar-refractivity contribution >= 4 is 33.6 Å². The summed E-state index contributed by atoms with van der Waals surface area (Å²) in [5.41, 5.74) is 0.181. The van der Waals surface area contributed by atoms with Crippen molar-refractivity contribution in [1.82, 2.24) is 14.5 Å². The lowest BCUT2D eigenvalue weighted by molar-refractivity contribution is 0.0691. The third-order valence-electron chi connectivity index (χ3n) is 3.12. The third kappa shape index (κ3) is 2.80. The summed E-state index contributed by atoms with van der Waals surface area (Å²) in [4.78, 5) is 31.0. The number of aromatic carboxylic acids is 1. The summed E-state index contributed by atoms with van der Waals surface area (Å²) < 4.78 is 2.69. The molecule has 2 aromatic heterocycles. The van der Waals surface area contributed by atoms with E-state index in [-0.39, 0.29) is 11.5 Å². The Morgan fingerprint density at radius 2 is 2.05 bits per heavy atom. The van der Waals surface area contributed by atoms with Gasteiger partial charge in [-0.05, 0) is 34.8 Å². The Hall–Kier alpha value is -2.22. The molecule has 1 aliphatic carbocycles. The van der Waals surface area contributed by atoms with Gasteiger partial charge in [-0.3, -0.25) is 4.79 Å². The Balaban J connectivity index is 1.89. The van der Waals surface area contributed by atoms with Gasteiger partial charge in [-0.25, -0.2) is 14.8 Å². The molecule has 0 spiro atoms. The number of carbonyl (C=O) groups excluding carboxylic acids is 1. The van der Waals surface area contributed by atoms with Crippen molar-refractivity contribution < 1.29 is 14.7 Å². The van der Waals surface area contributed by atoms with Crippen LogP contribution in [0, 0.1) is 0 Å². The molecule has 0 radical (unpaired) electrons. The van der Waals surface area contributed by atoms with E-state index in [2.05, 4.69) is 31.2 Å². The molecular formula is C13H11BrN4O3. The number of nitrogens with zero attached hydrogens (tertiary/aromatic N) is 3. The second kappa shape index (κ2) is 5.28. The van der Waals surface area contributed by atoms with E-state index in [1.54, 1.807) is 6.07 Å². The molecule has 0 aliphatic heterocycles. The average molecular weight is 351 g/mol. The van der Waals surface area contributed by atoms with Crippen LogP contribution in [0.2, 0.25) is 0 Å². The molecular weight excluding hydrogens is 340 g/mol. The second-order valence-corrected chi connectivity index (χ2v) is 5.61. The quantitative estimate of drug-likeness (QED) is 0.881. The Morgan fingerprint density at radius 3 is 2.71 bits per heavy atom. The van der Waals surface area contributed by atoms with Crippen LogP contribution in [-0.2, 0) is 0 Å². The molecule has 108 valence electrons. The minimum Gasteiger partial charge on any atom is -0.476 e. The van der Waals surface area contributed by atoms with Crippen LogP contribution in [0.1, 0.15) is 39.9 Å². The molecule has 0 unspecified atom stereocenters. The Morgan fingerprint density at radius 1 is 1.33 bits per heavy atom. The van der Waals surface area contributed by atoms with E-state index in [0.29, 0.717) is 11.7 Å². The van der Waals surface area contributed by atoms with Gasteiger partial charge in [-0.1, -0.05) is 0 Å². The van der Waals surface area contributed by atoms with Gasteiger partial charge in [0.05, 0.1) is 0 Å². The van der Waals surface area contributed by atoms with Crippen LogP contribution in [0.5, 0.6) is 0 Å². The largest absolute Gasteiger partial charge is 0.476 e. The number of carboxylic acids is 1. The first-order valence-electron chi connectivity index (χ1n) is 6.29. The number of amides is 1. The Bertz CT molecular complexity index is 724. The van der Waals surface area contributed by atoms with E-state index < -0.39 is 11.9 Å². The van der Waals surface area contributed by atoms with Crippen molar-refractivity contribution in [2.45, 2.75) is 18.9 Å². The molecule has 2 N–H and O–H groups in total. The van der Waals surface area contributed by atoms with Crippen LogP contribution in [0.25, 0.3) is 0 Å². The highest BCUT2D eigenvalue weighted by atomic mass is 79.9. The molecule has 0 bridgehead atoms. The number of rotatable bonds is 4. The zero-order chi connectivity index (χ0) is 15.0. The highest BCUT2D eigenvalue weighted by molar-refractivity contribution is 9.10. The van der Waals surface area contributed by atoms with Gasteiger partial charge < -0.3 is 15.0 Å². The minimum atomic E-state index is -1.24. The summed E-state index contributed by atoms with van der Waals surface area (Å²) in [7, 11) is 0. The number of nitrogens with one attached hydrogen (secondary N) is 1.